The van der Waals surface area contributed by atoms with E-state index in [2.05, 4.69) is 16.3 Å². The molecule has 0 aliphatic rings. The summed E-state index contributed by atoms with van der Waals surface area (Å²) < 4.78 is 4.64. The van der Waals surface area contributed by atoms with Crippen LogP contribution in [-0.2, 0) is 0 Å². The monoisotopic (exact) mass is 97.0 g/mol. The molecule has 0 amide bonds. The van der Waals surface area contributed by atoms with Gasteiger partial charge in [-0.1, -0.05) is 0 Å². The molecular weight excluding hydrogens is 92.1 g/mol. The Balaban J connectivity index is 3.04. The molecule has 0 saturated heterocycles. The third-order valence-corrected chi connectivity index (χ3v) is 0.571. The molecule has 7 heavy (non-hydrogen) atoms. The molecule has 0 unspecified atom stereocenters. The maximum absolute atomic E-state index is 5.06. The first kappa shape index (κ1) is 4.18. The molecular formula is C4H5N2O. The minimum atomic E-state index is 0.171. The minimum Gasteiger partial charge on any atom is -0.429 e. The molecule has 1 rings (SSSR count). The van der Waals surface area contributed by atoms with Crippen molar-refractivity contribution in [3.05, 3.63) is 18.9 Å². The van der Waals surface area contributed by atoms with E-state index >= 15 is 0 Å². The van der Waals surface area contributed by atoms with Crippen molar-refractivity contribution in [2.45, 2.75) is 0 Å². The third kappa shape index (κ3) is 0.707. The number of hydrogen-bond acceptors (Lipinski definition) is 3. The number of nitrogens with two attached hydrogens (primary N) is 1. The van der Waals surface area contributed by atoms with Gasteiger partial charge in [-0.25, -0.2) is 4.98 Å². The molecule has 0 aromatic carbocycles. The molecule has 1 radical (unpaired) electrons. The zero-order valence-corrected chi connectivity index (χ0v) is 3.72. The van der Waals surface area contributed by atoms with Gasteiger partial charge >= 0.3 is 0 Å². The molecule has 0 fully saturated rings. The van der Waals surface area contributed by atoms with Gasteiger partial charge in [0, 0.05) is 6.92 Å². The fraction of sp³-hybridized carbons (Fsp3) is 0. The van der Waals surface area contributed by atoms with E-state index in [1.54, 1.807) is 0 Å². The topological polar surface area (TPSA) is 52.0 Å². The van der Waals surface area contributed by atoms with Crippen molar-refractivity contribution < 1.29 is 4.42 Å². The Hall–Kier alpha value is -0.990. The van der Waals surface area contributed by atoms with Gasteiger partial charge < -0.3 is 10.2 Å². The van der Waals surface area contributed by atoms with Gasteiger partial charge in [0.25, 0.3) is 6.01 Å². The number of hydrogen-bond donors (Lipinski definition) is 1. The zero-order valence-electron chi connectivity index (χ0n) is 3.72. The number of aromatic nitrogens is 1. The molecule has 37 valence electrons. The summed E-state index contributed by atoms with van der Waals surface area (Å²) in [6, 6.07) is 0.171. The molecule has 0 bridgehead atoms. The standard InChI is InChI=1S/C4H5N2O/c1-3-2-6-4(5)7-3/h2H,1H2,(H2,5,6). The fourth-order valence-corrected chi connectivity index (χ4v) is 0.323. The zero-order chi connectivity index (χ0) is 5.28. The van der Waals surface area contributed by atoms with Crippen LogP contribution in [0.2, 0.25) is 0 Å². The van der Waals surface area contributed by atoms with Gasteiger partial charge in [0.15, 0.2) is 0 Å². The van der Waals surface area contributed by atoms with Crippen LogP contribution in [0.5, 0.6) is 0 Å². The number of anilines is 1. The summed E-state index contributed by atoms with van der Waals surface area (Å²) in [6.07, 6.45) is 1.47. The average Bonchev–Trinajstić information content (AvgIpc) is 1.87. The lowest BCUT2D eigenvalue weighted by atomic mass is 10.6. The van der Waals surface area contributed by atoms with Crippen molar-refractivity contribution in [1.82, 2.24) is 4.98 Å². The third-order valence-electron chi connectivity index (χ3n) is 0.571. The molecule has 0 atom stereocenters. The largest absolute Gasteiger partial charge is 0.429 e. The first-order valence-electron chi connectivity index (χ1n) is 1.82. The quantitative estimate of drug-likeness (QED) is 0.511. The second-order valence-corrected chi connectivity index (χ2v) is 1.16. The van der Waals surface area contributed by atoms with E-state index in [1.165, 1.54) is 6.20 Å². The van der Waals surface area contributed by atoms with Crippen LogP contribution in [0.1, 0.15) is 5.76 Å². The number of nitrogens with zero attached hydrogens (tertiary/aromatic N) is 1. The average molecular weight is 97.1 g/mol. The summed E-state index contributed by atoms with van der Waals surface area (Å²) in [5.41, 5.74) is 5.06. The van der Waals surface area contributed by atoms with Crippen LogP contribution < -0.4 is 5.73 Å². The fourth-order valence-electron chi connectivity index (χ4n) is 0.323. The molecule has 3 nitrogen and oxygen atoms in total. The predicted molar refractivity (Wildman–Crippen MR) is 25.4 cm³/mol. The summed E-state index contributed by atoms with van der Waals surface area (Å²) in [5, 5.41) is 0. The van der Waals surface area contributed by atoms with Crippen molar-refractivity contribution in [2.75, 3.05) is 5.73 Å². The van der Waals surface area contributed by atoms with Crippen LogP contribution in [0, 0.1) is 6.92 Å². The van der Waals surface area contributed by atoms with Crippen LogP contribution in [0.25, 0.3) is 0 Å². The van der Waals surface area contributed by atoms with Crippen LogP contribution in [-0.4, -0.2) is 4.98 Å². The molecule has 0 aliphatic heterocycles. The first-order valence-corrected chi connectivity index (χ1v) is 1.82. The van der Waals surface area contributed by atoms with Crippen molar-refractivity contribution in [2.24, 2.45) is 0 Å². The van der Waals surface area contributed by atoms with E-state index in [-0.39, 0.29) is 6.01 Å². The summed E-state index contributed by atoms with van der Waals surface area (Å²) in [7, 11) is 0. The summed E-state index contributed by atoms with van der Waals surface area (Å²) in [6.45, 7) is 3.43. The summed E-state index contributed by atoms with van der Waals surface area (Å²) in [5.74, 6) is 0.498. The van der Waals surface area contributed by atoms with E-state index in [9.17, 15) is 0 Å². The second-order valence-electron chi connectivity index (χ2n) is 1.16. The molecule has 0 spiro atoms. The summed E-state index contributed by atoms with van der Waals surface area (Å²) in [4.78, 5) is 3.56. The Bertz CT molecular complexity index is 142. The Morgan fingerprint density at radius 1 is 1.86 bits per heavy atom. The van der Waals surface area contributed by atoms with Gasteiger partial charge in [-0.15, -0.1) is 0 Å². The van der Waals surface area contributed by atoms with Crippen molar-refractivity contribution in [1.29, 1.82) is 0 Å². The van der Waals surface area contributed by atoms with Gasteiger partial charge in [0.05, 0.1) is 6.20 Å². The van der Waals surface area contributed by atoms with E-state index in [0.29, 0.717) is 5.76 Å². The van der Waals surface area contributed by atoms with Gasteiger partial charge in [0.2, 0.25) is 0 Å². The molecule has 3 heteroatoms. The van der Waals surface area contributed by atoms with E-state index in [0.717, 1.165) is 0 Å². The second kappa shape index (κ2) is 1.26. The molecule has 0 aliphatic carbocycles. The Labute approximate surface area is 41.2 Å². The van der Waals surface area contributed by atoms with Gasteiger partial charge in [-0.3, -0.25) is 0 Å². The first-order chi connectivity index (χ1) is 3.29. The SMILES string of the molecule is [CH2]c1cnc(N)o1. The van der Waals surface area contributed by atoms with Crippen molar-refractivity contribution in [3.63, 3.8) is 0 Å². The minimum absolute atomic E-state index is 0.171. The van der Waals surface area contributed by atoms with Gasteiger partial charge in [0.1, 0.15) is 5.76 Å². The Morgan fingerprint density at radius 3 is 2.71 bits per heavy atom. The van der Waals surface area contributed by atoms with Crippen molar-refractivity contribution in [3.8, 4) is 0 Å². The molecule has 1 aromatic rings. The smallest absolute Gasteiger partial charge is 0.292 e. The lowest BCUT2D eigenvalue weighted by Gasteiger charge is -1.73. The van der Waals surface area contributed by atoms with E-state index < -0.39 is 0 Å². The number of rotatable bonds is 0. The lowest BCUT2D eigenvalue weighted by Crippen LogP contribution is -1.79. The Morgan fingerprint density at radius 2 is 2.57 bits per heavy atom. The normalized spacial score (nSPS) is 9.29. The maximum Gasteiger partial charge on any atom is 0.292 e. The summed E-state index contributed by atoms with van der Waals surface area (Å²) >= 11 is 0. The van der Waals surface area contributed by atoms with E-state index in [4.69, 9.17) is 5.73 Å². The highest BCUT2D eigenvalue weighted by Gasteiger charge is 1.88. The van der Waals surface area contributed by atoms with Crippen LogP contribution in [0.3, 0.4) is 0 Å². The van der Waals surface area contributed by atoms with Crippen LogP contribution >= 0.6 is 0 Å². The maximum atomic E-state index is 5.06. The highest BCUT2D eigenvalue weighted by Crippen LogP contribution is 1.99. The van der Waals surface area contributed by atoms with Crippen LogP contribution in [0.4, 0.5) is 6.01 Å². The number of nitrogen functional groups attached to an aromatic ring is 1. The van der Waals surface area contributed by atoms with Gasteiger partial charge in [-0.2, -0.15) is 0 Å². The van der Waals surface area contributed by atoms with Crippen LogP contribution in [0.15, 0.2) is 10.6 Å². The molecule has 2 N–H and O–H groups in total. The lowest BCUT2D eigenvalue weighted by molar-refractivity contribution is 0.562. The molecule has 1 aromatic heterocycles. The molecule has 0 saturated carbocycles. The van der Waals surface area contributed by atoms with Gasteiger partial charge in [-0.05, 0) is 0 Å². The van der Waals surface area contributed by atoms with Crippen molar-refractivity contribution >= 4 is 6.01 Å². The molecule has 1 heterocycles. The predicted octanol–water partition coefficient (Wildman–Crippen LogP) is 0.439. The highest BCUT2D eigenvalue weighted by molar-refractivity contribution is 5.11. The Kier molecular flexibility index (Phi) is 0.749. The van der Waals surface area contributed by atoms with E-state index in [1.807, 2.05) is 0 Å². The highest BCUT2D eigenvalue weighted by atomic mass is 16.4. The number of oxazole rings is 1.